The number of hydrogen-bond donors (Lipinski definition) is 1. The molecule has 0 radical (unpaired) electrons. The number of carbonyl (C=O) groups is 1. The molecule has 1 unspecified atom stereocenters. The van der Waals surface area contributed by atoms with Crippen LogP contribution in [0.4, 0.5) is 5.69 Å². The molecule has 1 aromatic heterocycles. The molecule has 0 spiro atoms. The Morgan fingerprint density at radius 1 is 1.67 bits per heavy atom. The van der Waals surface area contributed by atoms with E-state index in [-0.39, 0.29) is 12.0 Å². The van der Waals surface area contributed by atoms with Gasteiger partial charge in [-0.2, -0.15) is 0 Å². The van der Waals surface area contributed by atoms with Crippen LogP contribution in [0.15, 0.2) is 12.3 Å². The van der Waals surface area contributed by atoms with Crippen molar-refractivity contribution in [1.82, 2.24) is 9.47 Å². The third kappa shape index (κ3) is 2.67. The van der Waals surface area contributed by atoms with Gasteiger partial charge in [-0.1, -0.05) is 0 Å². The van der Waals surface area contributed by atoms with E-state index >= 15 is 0 Å². The zero-order chi connectivity index (χ0) is 13.1. The lowest BCUT2D eigenvalue weighted by molar-refractivity contribution is 0.0532. The molecule has 2 rings (SSSR count). The Bertz CT molecular complexity index is 422. The lowest BCUT2D eigenvalue weighted by Crippen LogP contribution is -2.38. The van der Waals surface area contributed by atoms with Gasteiger partial charge in [-0.25, -0.2) is 0 Å². The van der Waals surface area contributed by atoms with Crippen LogP contribution in [0.1, 0.15) is 30.3 Å². The summed E-state index contributed by atoms with van der Waals surface area (Å²) < 4.78 is 7.36. The molecule has 1 atom stereocenters. The molecule has 1 aromatic rings. The molecule has 18 heavy (non-hydrogen) atoms. The van der Waals surface area contributed by atoms with Crippen molar-refractivity contribution in [3.05, 3.63) is 18.0 Å². The van der Waals surface area contributed by atoms with E-state index in [4.69, 9.17) is 10.5 Å². The van der Waals surface area contributed by atoms with Crippen LogP contribution in [0.2, 0.25) is 0 Å². The van der Waals surface area contributed by atoms with Crippen LogP contribution in [0, 0.1) is 0 Å². The summed E-state index contributed by atoms with van der Waals surface area (Å²) in [6.45, 7) is 4.15. The van der Waals surface area contributed by atoms with Gasteiger partial charge in [0.2, 0.25) is 0 Å². The highest BCUT2D eigenvalue weighted by molar-refractivity contribution is 5.93. The highest BCUT2D eigenvalue weighted by atomic mass is 16.5. The highest BCUT2D eigenvalue weighted by Gasteiger charge is 2.23. The van der Waals surface area contributed by atoms with E-state index in [9.17, 15) is 4.79 Å². The van der Waals surface area contributed by atoms with Crippen molar-refractivity contribution < 1.29 is 9.53 Å². The molecule has 1 amide bonds. The van der Waals surface area contributed by atoms with E-state index < -0.39 is 0 Å². The molecular weight excluding hydrogens is 230 g/mol. The first-order chi connectivity index (χ1) is 8.61. The zero-order valence-corrected chi connectivity index (χ0v) is 11.1. The number of aryl methyl sites for hydroxylation is 1. The molecule has 100 valence electrons. The molecular formula is C13H21N3O2. The van der Waals surface area contributed by atoms with Gasteiger partial charge < -0.3 is 19.9 Å². The van der Waals surface area contributed by atoms with Crippen LogP contribution >= 0.6 is 0 Å². The molecule has 0 saturated carbocycles. The highest BCUT2D eigenvalue weighted by Crippen LogP contribution is 2.16. The van der Waals surface area contributed by atoms with Gasteiger partial charge in [-0.15, -0.1) is 0 Å². The van der Waals surface area contributed by atoms with Gasteiger partial charge in [0.1, 0.15) is 5.69 Å². The Kier molecular flexibility index (Phi) is 3.91. The minimum absolute atomic E-state index is 0.0206. The lowest BCUT2D eigenvalue weighted by atomic mass is 10.2. The molecule has 1 aliphatic heterocycles. The number of nitrogens with two attached hydrogens (primary N) is 1. The zero-order valence-electron chi connectivity index (χ0n) is 11.1. The summed E-state index contributed by atoms with van der Waals surface area (Å²) in [5.41, 5.74) is 6.96. The van der Waals surface area contributed by atoms with Gasteiger partial charge in [0.25, 0.3) is 5.91 Å². The van der Waals surface area contributed by atoms with E-state index in [2.05, 4.69) is 0 Å². The molecule has 5 nitrogen and oxygen atoms in total. The maximum Gasteiger partial charge on any atom is 0.270 e. The van der Waals surface area contributed by atoms with Crippen molar-refractivity contribution in [1.29, 1.82) is 0 Å². The summed E-state index contributed by atoms with van der Waals surface area (Å²) in [5, 5.41) is 0. The number of likely N-dealkylation sites (N-methyl/N-ethyl adjacent to an activating group) is 1. The Labute approximate surface area is 108 Å². The van der Waals surface area contributed by atoms with E-state index in [1.165, 1.54) is 0 Å². The average molecular weight is 251 g/mol. The minimum atomic E-state index is 0.0206. The fourth-order valence-electron chi connectivity index (χ4n) is 2.35. The molecule has 1 fully saturated rings. The van der Waals surface area contributed by atoms with Crippen molar-refractivity contribution in [3.8, 4) is 0 Å². The summed E-state index contributed by atoms with van der Waals surface area (Å²) in [4.78, 5) is 14.2. The van der Waals surface area contributed by atoms with Crippen LogP contribution in [-0.2, 0) is 11.8 Å². The van der Waals surface area contributed by atoms with Crippen LogP contribution in [0.25, 0.3) is 0 Å². The molecule has 2 heterocycles. The molecule has 0 bridgehead atoms. The lowest BCUT2D eigenvalue weighted by Gasteiger charge is -2.24. The van der Waals surface area contributed by atoms with Gasteiger partial charge >= 0.3 is 0 Å². The normalized spacial score (nSPS) is 19.1. The predicted octanol–water partition coefficient (Wildman–Crippen LogP) is 1.25. The third-order valence-electron chi connectivity index (χ3n) is 3.36. The van der Waals surface area contributed by atoms with E-state index in [0.29, 0.717) is 24.5 Å². The summed E-state index contributed by atoms with van der Waals surface area (Å²) in [6.07, 6.45) is 4.08. The number of ether oxygens (including phenoxy) is 1. The molecule has 2 N–H and O–H groups in total. The average Bonchev–Trinajstić information content (AvgIpc) is 2.95. The van der Waals surface area contributed by atoms with Crippen molar-refractivity contribution >= 4 is 11.6 Å². The molecule has 5 heteroatoms. The number of nitrogens with zero attached hydrogens (tertiary/aromatic N) is 2. The molecule has 1 saturated heterocycles. The summed E-state index contributed by atoms with van der Waals surface area (Å²) in [5.74, 6) is 0.0206. The first-order valence-corrected chi connectivity index (χ1v) is 6.44. The number of aromatic nitrogens is 1. The van der Waals surface area contributed by atoms with Crippen LogP contribution < -0.4 is 5.73 Å². The Balaban J connectivity index is 2.07. The number of carbonyl (C=O) groups excluding carboxylic acids is 1. The second-order valence-electron chi connectivity index (χ2n) is 4.75. The first kappa shape index (κ1) is 13.0. The number of nitrogen functional groups attached to an aromatic ring is 1. The summed E-state index contributed by atoms with van der Waals surface area (Å²) in [7, 11) is 1.84. The molecule has 0 aliphatic carbocycles. The number of anilines is 1. The minimum Gasteiger partial charge on any atom is -0.397 e. The van der Waals surface area contributed by atoms with Gasteiger partial charge in [0.05, 0.1) is 11.8 Å². The van der Waals surface area contributed by atoms with E-state index in [1.54, 1.807) is 16.8 Å². The van der Waals surface area contributed by atoms with Crippen molar-refractivity contribution in [2.75, 3.05) is 25.4 Å². The molecule has 1 aliphatic rings. The number of rotatable bonds is 4. The fraction of sp³-hybridized carbons (Fsp3) is 0.615. The molecule has 0 aromatic carbocycles. The van der Waals surface area contributed by atoms with Gasteiger partial charge in [-0.05, 0) is 25.8 Å². The monoisotopic (exact) mass is 251 g/mol. The standard InChI is InChI=1S/C13H21N3O2/c1-3-16(9-11-5-4-6-18-11)13(17)12-7-10(14)8-15(12)2/h7-8,11H,3-6,9,14H2,1-2H3. The van der Waals surface area contributed by atoms with Crippen LogP contribution in [0.5, 0.6) is 0 Å². The van der Waals surface area contributed by atoms with Crippen molar-refractivity contribution in [3.63, 3.8) is 0 Å². The third-order valence-corrected chi connectivity index (χ3v) is 3.36. The van der Waals surface area contributed by atoms with E-state index in [0.717, 1.165) is 19.4 Å². The van der Waals surface area contributed by atoms with Gasteiger partial charge in [-0.3, -0.25) is 4.79 Å². The number of hydrogen-bond acceptors (Lipinski definition) is 3. The van der Waals surface area contributed by atoms with Gasteiger partial charge in [0.15, 0.2) is 0 Å². The van der Waals surface area contributed by atoms with Crippen LogP contribution in [-0.4, -0.2) is 41.2 Å². The maximum atomic E-state index is 12.4. The Morgan fingerprint density at radius 3 is 2.94 bits per heavy atom. The number of amides is 1. The van der Waals surface area contributed by atoms with Crippen molar-refractivity contribution in [2.45, 2.75) is 25.9 Å². The van der Waals surface area contributed by atoms with E-state index in [1.807, 2.05) is 18.9 Å². The SMILES string of the molecule is CCN(CC1CCCO1)C(=O)c1cc(N)cn1C. The maximum absolute atomic E-state index is 12.4. The Morgan fingerprint density at radius 2 is 2.44 bits per heavy atom. The topological polar surface area (TPSA) is 60.5 Å². The van der Waals surface area contributed by atoms with Gasteiger partial charge in [0, 0.05) is 32.9 Å². The quantitative estimate of drug-likeness (QED) is 0.876. The van der Waals surface area contributed by atoms with Crippen LogP contribution in [0.3, 0.4) is 0 Å². The largest absolute Gasteiger partial charge is 0.397 e. The second kappa shape index (κ2) is 5.44. The predicted molar refractivity (Wildman–Crippen MR) is 70.4 cm³/mol. The summed E-state index contributed by atoms with van der Waals surface area (Å²) in [6, 6.07) is 1.72. The fourth-order valence-corrected chi connectivity index (χ4v) is 2.35. The Hall–Kier alpha value is -1.49. The first-order valence-electron chi connectivity index (χ1n) is 6.44. The second-order valence-corrected chi connectivity index (χ2v) is 4.75. The summed E-state index contributed by atoms with van der Waals surface area (Å²) >= 11 is 0. The van der Waals surface area contributed by atoms with Crippen molar-refractivity contribution in [2.24, 2.45) is 7.05 Å². The smallest absolute Gasteiger partial charge is 0.270 e.